The molecule has 3 rings (SSSR count). The lowest BCUT2D eigenvalue weighted by Crippen LogP contribution is -2.23. The quantitative estimate of drug-likeness (QED) is 0.282. The summed E-state index contributed by atoms with van der Waals surface area (Å²) in [5, 5.41) is 30.6. The van der Waals surface area contributed by atoms with Crippen LogP contribution in [0.3, 0.4) is 0 Å². The Balaban J connectivity index is 2.37. The van der Waals surface area contributed by atoms with Crippen LogP contribution >= 0.6 is 0 Å². The Morgan fingerprint density at radius 3 is 1.56 bits per heavy atom. The van der Waals surface area contributed by atoms with Crippen molar-refractivity contribution >= 4 is 34.0 Å². The second kappa shape index (κ2) is 3.23. The van der Waals surface area contributed by atoms with Gasteiger partial charge in [-0.15, -0.1) is 30.0 Å². The zero-order chi connectivity index (χ0) is 12.9. The van der Waals surface area contributed by atoms with Crippen molar-refractivity contribution in [1.29, 1.82) is 10.8 Å². The van der Waals surface area contributed by atoms with Crippen LogP contribution in [0.25, 0.3) is 22.1 Å². The van der Waals surface area contributed by atoms with Crippen LogP contribution in [-0.4, -0.2) is 41.9 Å². The number of fused-ring (bicyclic) bond motifs is 3. The van der Waals surface area contributed by atoms with Gasteiger partial charge in [0.25, 0.3) is 0 Å². The Kier molecular flexibility index (Phi) is 1.82. The van der Waals surface area contributed by atoms with Gasteiger partial charge in [0.15, 0.2) is 0 Å². The van der Waals surface area contributed by atoms with Crippen molar-refractivity contribution in [3.63, 3.8) is 0 Å². The van der Waals surface area contributed by atoms with Crippen molar-refractivity contribution in [2.24, 2.45) is 11.5 Å². The number of hydrogen-bond donors (Lipinski definition) is 4. The molecule has 1 aromatic carbocycles. The number of nitrogens with two attached hydrogens (primary N) is 2. The molecule has 2 aromatic heterocycles. The first-order chi connectivity index (χ1) is 8.56. The average molecular weight is 244 g/mol. The summed E-state index contributed by atoms with van der Waals surface area (Å²) in [6, 6.07) is 3.37. The summed E-state index contributed by atoms with van der Waals surface area (Å²) in [6.45, 7) is 0. The van der Waals surface area contributed by atoms with Gasteiger partial charge in [-0.3, -0.25) is 10.8 Å². The minimum atomic E-state index is -0.293. The topological polar surface area (TPSA) is 161 Å². The van der Waals surface area contributed by atoms with Crippen LogP contribution in [-0.2, 0) is 0 Å². The maximum absolute atomic E-state index is 7.27. The number of hydrogen-bond acceptors (Lipinski definition) is 6. The average Bonchev–Trinajstić information content (AvgIpc) is 2.91. The molecule has 6 N–H and O–H groups in total. The third kappa shape index (κ3) is 1.29. The van der Waals surface area contributed by atoms with Crippen molar-refractivity contribution in [1.82, 2.24) is 30.0 Å². The highest BCUT2D eigenvalue weighted by Crippen LogP contribution is 2.18. The highest BCUT2D eigenvalue weighted by molar-refractivity contribution is 6.00. The minimum absolute atomic E-state index is 0.293. The Hall–Kier alpha value is -3.04. The molecule has 0 atom stereocenters. The van der Waals surface area contributed by atoms with Gasteiger partial charge in [-0.05, 0) is 12.1 Å². The van der Waals surface area contributed by atoms with Gasteiger partial charge in [-0.25, -0.2) is 0 Å². The third-order valence-electron chi connectivity index (χ3n) is 2.33. The van der Waals surface area contributed by atoms with Crippen molar-refractivity contribution in [2.75, 3.05) is 0 Å². The van der Waals surface area contributed by atoms with Crippen LogP contribution in [0, 0.1) is 10.8 Å². The molecule has 0 aliphatic heterocycles. The summed E-state index contributed by atoms with van der Waals surface area (Å²) in [5.74, 6) is -0.586. The molecule has 10 nitrogen and oxygen atoms in total. The van der Waals surface area contributed by atoms with E-state index >= 15 is 0 Å². The van der Waals surface area contributed by atoms with Crippen LogP contribution < -0.4 is 11.5 Å². The van der Waals surface area contributed by atoms with Crippen LogP contribution in [0.4, 0.5) is 0 Å². The van der Waals surface area contributed by atoms with Gasteiger partial charge >= 0.3 is 0 Å². The molecule has 0 spiro atoms. The van der Waals surface area contributed by atoms with E-state index < -0.39 is 0 Å². The maximum atomic E-state index is 7.27. The highest BCUT2D eigenvalue weighted by Gasteiger charge is 2.13. The number of benzene rings is 1. The monoisotopic (exact) mass is 244 g/mol. The fraction of sp³-hybridized carbons (Fsp3) is 0. The number of nitrogen functional groups attached to an aromatic ring is 2. The summed E-state index contributed by atoms with van der Waals surface area (Å²) in [5.41, 5.74) is 12.6. The molecule has 0 fully saturated rings. The highest BCUT2D eigenvalue weighted by atomic mass is 15.5. The zero-order valence-electron chi connectivity index (χ0n) is 8.99. The molecule has 0 unspecified atom stereocenters. The van der Waals surface area contributed by atoms with E-state index in [1.165, 1.54) is 0 Å². The molecular formula is C8H8N10. The Morgan fingerprint density at radius 1 is 0.833 bits per heavy atom. The van der Waals surface area contributed by atoms with Crippen molar-refractivity contribution in [3.8, 4) is 0 Å². The van der Waals surface area contributed by atoms with Gasteiger partial charge in [-0.2, -0.15) is 0 Å². The SMILES string of the molecule is N=C(N)n1nc2ccc3nn(C(=N)N)nc3c2n1. The predicted octanol–water partition coefficient (Wildman–Crippen LogP) is -1.34. The lowest BCUT2D eigenvalue weighted by atomic mass is 10.3. The zero-order valence-corrected chi connectivity index (χ0v) is 8.99. The van der Waals surface area contributed by atoms with E-state index in [1.807, 2.05) is 0 Å². The molecule has 0 amide bonds. The molecule has 90 valence electrons. The van der Waals surface area contributed by atoms with Crippen LogP contribution in [0.5, 0.6) is 0 Å². The third-order valence-corrected chi connectivity index (χ3v) is 2.33. The first-order valence-electron chi connectivity index (χ1n) is 4.88. The van der Waals surface area contributed by atoms with Crippen LogP contribution in [0.2, 0.25) is 0 Å². The molecular weight excluding hydrogens is 236 g/mol. The molecule has 0 bridgehead atoms. The smallest absolute Gasteiger partial charge is 0.232 e. The maximum Gasteiger partial charge on any atom is 0.232 e. The fourth-order valence-corrected chi connectivity index (χ4v) is 1.57. The number of aromatic nitrogens is 6. The fourth-order valence-electron chi connectivity index (χ4n) is 1.57. The molecule has 18 heavy (non-hydrogen) atoms. The lowest BCUT2D eigenvalue weighted by molar-refractivity contribution is 0.791. The van der Waals surface area contributed by atoms with E-state index in [2.05, 4.69) is 20.4 Å². The van der Waals surface area contributed by atoms with Gasteiger partial charge in [0.05, 0.1) is 0 Å². The first-order valence-corrected chi connectivity index (χ1v) is 4.88. The van der Waals surface area contributed by atoms with E-state index in [1.54, 1.807) is 12.1 Å². The second-order valence-electron chi connectivity index (χ2n) is 3.55. The van der Waals surface area contributed by atoms with Gasteiger partial charge in [0, 0.05) is 0 Å². The van der Waals surface area contributed by atoms with Gasteiger partial charge in [0.2, 0.25) is 11.9 Å². The molecule has 0 radical (unpaired) electrons. The molecule has 10 heteroatoms. The van der Waals surface area contributed by atoms with Gasteiger partial charge in [0.1, 0.15) is 22.1 Å². The number of rotatable bonds is 0. The first kappa shape index (κ1) is 10.1. The van der Waals surface area contributed by atoms with Crippen LogP contribution in [0.1, 0.15) is 0 Å². The molecule has 3 aromatic rings. The number of nitrogens with zero attached hydrogens (tertiary/aromatic N) is 6. The van der Waals surface area contributed by atoms with Crippen molar-refractivity contribution < 1.29 is 0 Å². The molecule has 2 heterocycles. The van der Waals surface area contributed by atoms with E-state index in [9.17, 15) is 0 Å². The predicted molar refractivity (Wildman–Crippen MR) is 63.2 cm³/mol. The summed E-state index contributed by atoms with van der Waals surface area (Å²) >= 11 is 0. The second-order valence-corrected chi connectivity index (χ2v) is 3.55. The van der Waals surface area contributed by atoms with E-state index in [4.69, 9.17) is 22.3 Å². The van der Waals surface area contributed by atoms with E-state index in [0.29, 0.717) is 22.1 Å². The Labute approximate surface area is 99.2 Å². The molecule has 0 aliphatic carbocycles. The molecule has 0 saturated heterocycles. The Morgan fingerprint density at radius 2 is 1.22 bits per heavy atom. The lowest BCUT2D eigenvalue weighted by Gasteiger charge is -1.90. The standard InChI is InChI=1S/C8H8N10/c9-7(10)17-13-3-1-2-4-6(5(3)15-17)16-18(14-4)8(11)12/h1-2H,(H3,9,10)(H3,11,12). The summed E-state index contributed by atoms with van der Waals surface area (Å²) in [7, 11) is 0. The van der Waals surface area contributed by atoms with Crippen molar-refractivity contribution in [3.05, 3.63) is 12.1 Å². The normalized spacial score (nSPS) is 11.1. The summed E-state index contributed by atoms with van der Waals surface area (Å²) < 4.78 is 0. The van der Waals surface area contributed by atoms with Crippen LogP contribution in [0.15, 0.2) is 12.1 Å². The van der Waals surface area contributed by atoms with E-state index in [0.717, 1.165) is 9.59 Å². The summed E-state index contributed by atoms with van der Waals surface area (Å²) in [6.07, 6.45) is 0. The summed E-state index contributed by atoms with van der Waals surface area (Å²) in [4.78, 5) is 1.99. The molecule has 0 aliphatic rings. The van der Waals surface area contributed by atoms with Gasteiger partial charge in [-0.1, -0.05) is 0 Å². The Bertz CT molecular complexity index is 725. The van der Waals surface area contributed by atoms with Crippen molar-refractivity contribution in [2.45, 2.75) is 0 Å². The van der Waals surface area contributed by atoms with E-state index in [-0.39, 0.29) is 11.9 Å². The number of nitrogens with one attached hydrogen (secondary N) is 2. The molecule has 0 saturated carbocycles. The minimum Gasteiger partial charge on any atom is -0.367 e. The van der Waals surface area contributed by atoms with Gasteiger partial charge < -0.3 is 11.5 Å². The largest absolute Gasteiger partial charge is 0.367 e.